The van der Waals surface area contributed by atoms with Crippen LogP contribution < -0.4 is 14.8 Å². The molecule has 0 saturated heterocycles. The molecule has 0 radical (unpaired) electrons. The van der Waals surface area contributed by atoms with Gasteiger partial charge in [-0.2, -0.15) is 0 Å². The number of hydrogen-bond acceptors (Lipinski definition) is 4. The number of rotatable bonds is 3. The van der Waals surface area contributed by atoms with E-state index in [0.717, 1.165) is 5.69 Å². The molecule has 0 bridgehead atoms. The highest BCUT2D eigenvalue weighted by molar-refractivity contribution is 5.49. The van der Waals surface area contributed by atoms with Crippen molar-refractivity contribution >= 4 is 5.69 Å². The summed E-state index contributed by atoms with van der Waals surface area (Å²) < 4.78 is 10.0. The number of anilines is 1. The lowest BCUT2D eigenvalue weighted by atomic mass is 10.4. The van der Waals surface area contributed by atoms with Crippen LogP contribution in [0.2, 0.25) is 0 Å². The Hall–Kier alpha value is -1.45. The van der Waals surface area contributed by atoms with E-state index in [1.54, 1.807) is 20.4 Å². The van der Waals surface area contributed by atoms with Crippen LogP contribution in [0.5, 0.6) is 11.6 Å². The fraction of sp³-hybridized carbons (Fsp3) is 0.375. The third-order valence-electron chi connectivity index (χ3n) is 1.52. The maximum absolute atomic E-state index is 5.05. The number of nitrogens with zero attached hydrogens (tertiary/aromatic N) is 1. The average Bonchev–Trinajstić information content (AvgIpc) is 2.16. The molecule has 1 rings (SSSR count). The molecule has 0 atom stereocenters. The maximum Gasteiger partial charge on any atom is 0.256 e. The number of nitrogens with one attached hydrogen (secondary N) is 1. The molecule has 1 heterocycles. The second-order valence-corrected chi connectivity index (χ2v) is 2.19. The molecular weight excluding hydrogens is 156 g/mol. The van der Waals surface area contributed by atoms with Crippen molar-refractivity contribution in [3.8, 4) is 11.6 Å². The lowest BCUT2D eigenvalue weighted by molar-refractivity contribution is 0.343. The first kappa shape index (κ1) is 8.64. The molecule has 0 saturated carbocycles. The minimum absolute atomic E-state index is 0.497. The van der Waals surface area contributed by atoms with Gasteiger partial charge in [0.25, 0.3) is 5.88 Å². The Kier molecular flexibility index (Phi) is 2.74. The second kappa shape index (κ2) is 3.80. The summed E-state index contributed by atoms with van der Waals surface area (Å²) >= 11 is 0. The number of pyridine rings is 1. The molecule has 0 amide bonds. The van der Waals surface area contributed by atoms with E-state index in [9.17, 15) is 0 Å². The van der Waals surface area contributed by atoms with E-state index in [2.05, 4.69) is 10.3 Å². The van der Waals surface area contributed by atoms with Crippen molar-refractivity contribution in [2.75, 3.05) is 26.6 Å². The highest BCUT2D eigenvalue weighted by Crippen LogP contribution is 2.26. The Morgan fingerprint density at radius 3 is 2.58 bits per heavy atom. The predicted molar refractivity (Wildman–Crippen MR) is 46.9 cm³/mol. The molecule has 0 fully saturated rings. The van der Waals surface area contributed by atoms with Gasteiger partial charge in [0.2, 0.25) is 0 Å². The van der Waals surface area contributed by atoms with E-state index in [1.165, 1.54) is 0 Å². The fourth-order valence-corrected chi connectivity index (χ4v) is 0.868. The third kappa shape index (κ3) is 1.58. The summed E-state index contributed by atoms with van der Waals surface area (Å²) in [6.45, 7) is 0. The topological polar surface area (TPSA) is 43.4 Å². The molecule has 4 heteroatoms. The molecule has 1 aromatic heterocycles. The van der Waals surface area contributed by atoms with Crippen molar-refractivity contribution in [3.05, 3.63) is 12.3 Å². The third-order valence-corrected chi connectivity index (χ3v) is 1.52. The van der Waals surface area contributed by atoms with Crippen molar-refractivity contribution < 1.29 is 9.47 Å². The minimum atomic E-state index is 0.497. The van der Waals surface area contributed by atoms with Gasteiger partial charge in [-0.3, -0.25) is 0 Å². The standard InChI is InChI=1S/C8H12N2O2/c1-9-6-4-7(11-2)8(12-3)10-5-6/h4-5,9H,1-3H3. The molecular formula is C8H12N2O2. The molecule has 4 nitrogen and oxygen atoms in total. The highest BCUT2D eigenvalue weighted by Gasteiger charge is 2.04. The Labute approximate surface area is 71.5 Å². The quantitative estimate of drug-likeness (QED) is 0.735. The maximum atomic E-state index is 5.05. The van der Waals surface area contributed by atoms with E-state index in [-0.39, 0.29) is 0 Å². The van der Waals surface area contributed by atoms with Gasteiger partial charge in [-0.15, -0.1) is 0 Å². The molecule has 0 aliphatic rings. The Morgan fingerprint density at radius 1 is 1.33 bits per heavy atom. The molecule has 0 aliphatic heterocycles. The molecule has 1 aromatic rings. The molecule has 0 aromatic carbocycles. The largest absolute Gasteiger partial charge is 0.491 e. The average molecular weight is 168 g/mol. The summed E-state index contributed by atoms with van der Waals surface area (Å²) in [4.78, 5) is 4.03. The first-order chi connectivity index (χ1) is 5.81. The van der Waals surface area contributed by atoms with E-state index in [1.807, 2.05) is 13.1 Å². The van der Waals surface area contributed by atoms with Crippen molar-refractivity contribution in [2.24, 2.45) is 0 Å². The zero-order valence-corrected chi connectivity index (χ0v) is 7.42. The summed E-state index contributed by atoms with van der Waals surface area (Å²) in [5.41, 5.74) is 0.896. The van der Waals surface area contributed by atoms with Crippen LogP contribution >= 0.6 is 0 Å². The zero-order chi connectivity index (χ0) is 8.97. The lowest BCUT2D eigenvalue weighted by Gasteiger charge is -2.07. The number of ether oxygens (including phenoxy) is 2. The Balaban J connectivity index is 3.02. The minimum Gasteiger partial charge on any atom is -0.491 e. The molecule has 12 heavy (non-hydrogen) atoms. The summed E-state index contributed by atoms with van der Waals surface area (Å²) in [7, 11) is 4.96. The van der Waals surface area contributed by atoms with Gasteiger partial charge in [0, 0.05) is 13.1 Å². The lowest BCUT2D eigenvalue weighted by Crippen LogP contribution is -1.95. The smallest absolute Gasteiger partial charge is 0.256 e. The molecule has 66 valence electrons. The Morgan fingerprint density at radius 2 is 2.08 bits per heavy atom. The van der Waals surface area contributed by atoms with Crippen LogP contribution in [-0.2, 0) is 0 Å². The first-order valence-corrected chi connectivity index (χ1v) is 3.57. The van der Waals surface area contributed by atoms with Gasteiger partial charge < -0.3 is 14.8 Å². The van der Waals surface area contributed by atoms with E-state index < -0.39 is 0 Å². The summed E-state index contributed by atoms with van der Waals surface area (Å²) in [6.07, 6.45) is 1.68. The van der Waals surface area contributed by atoms with Gasteiger partial charge in [0.1, 0.15) is 0 Å². The van der Waals surface area contributed by atoms with E-state index in [4.69, 9.17) is 9.47 Å². The number of hydrogen-bond donors (Lipinski definition) is 1. The van der Waals surface area contributed by atoms with Gasteiger partial charge in [0.05, 0.1) is 26.1 Å². The highest BCUT2D eigenvalue weighted by atomic mass is 16.5. The predicted octanol–water partition coefficient (Wildman–Crippen LogP) is 1.14. The van der Waals surface area contributed by atoms with Crippen LogP contribution in [-0.4, -0.2) is 26.3 Å². The van der Waals surface area contributed by atoms with Gasteiger partial charge in [-0.1, -0.05) is 0 Å². The van der Waals surface area contributed by atoms with Crippen molar-refractivity contribution in [2.45, 2.75) is 0 Å². The zero-order valence-electron chi connectivity index (χ0n) is 7.42. The molecule has 0 aliphatic carbocycles. The molecule has 0 unspecified atom stereocenters. The normalized spacial score (nSPS) is 9.25. The van der Waals surface area contributed by atoms with E-state index >= 15 is 0 Å². The monoisotopic (exact) mass is 168 g/mol. The summed E-state index contributed by atoms with van der Waals surface area (Å²) in [5.74, 6) is 1.13. The number of methoxy groups -OCH3 is 2. The van der Waals surface area contributed by atoms with Crippen molar-refractivity contribution in [1.82, 2.24) is 4.98 Å². The second-order valence-electron chi connectivity index (χ2n) is 2.19. The van der Waals surface area contributed by atoms with Crippen LogP contribution in [0.25, 0.3) is 0 Å². The molecule has 1 N–H and O–H groups in total. The van der Waals surface area contributed by atoms with Crippen LogP contribution in [0.1, 0.15) is 0 Å². The summed E-state index contributed by atoms with van der Waals surface area (Å²) in [5, 5.41) is 2.95. The van der Waals surface area contributed by atoms with Crippen LogP contribution in [0.3, 0.4) is 0 Å². The van der Waals surface area contributed by atoms with Crippen LogP contribution in [0.15, 0.2) is 12.3 Å². The van der Waals surface area contributed by atoms with Crippen molar-refractivity contribution in [3.63, 3.8) is 0 Å². The Bertz CT molecular complexity index is 263. The van der Waals surface area contributed by atoms with Crippen LogP contribution in [0.4, 0.5) is 5.69 Å². The van der Waals surface area contributed by atoms with Gasteiger partial charge in [-0.25, -0.2) is 4.98 Å². The SMILES string of the molecule is CNc1cnc(OC)c(OC)c1. The first-order valence-electron chi connectivity index (χ1n) is 3.57. The summed E-state index contributed by atoms with van der Waals surface area (Å²) in [6, 6.07) is 1.83. The van der Waals surface area contributed by atoms with Crippen LogP contribution in [0, 0.1) is 0 Å². The van der Waals surface area contributed by atoms with Crippen molar-refractivity contribution in [1.29, 1.82) is 0 Å². The number of aromatic nitrogens is 1. The fourth-order valence-electron chi connectivity index (χ4n) is 0.868. The van der Waals surface area contributed by atoms with Gasteiger partial charge in [-0.05, 0) is 0 Å². The van der Waals surface area contributed by atoms with Gasteiger partial charge in [0.15, 0.2) is 5.75 Å². The van der Waals surface area contributed by atoms with Gasteiger partial charge >= 0.3 is 0 Å². The van der Waals surface area contributed by atoms with E-state index in [0.29, 0.717) is 11.6 Å². The molecule has 0 spiro atoms.